The molecule has 1 atom stereocenters. The molecule has 4 N–H and O–H groups in total. The molecule has 0 bridgehead atoms. The molecule has 0 aromatic rings. The summed E-state index contributed by atoms with van der Waals surface area (Å²) in [7, 11) is 0. The highest BCUT2D eigenvalue weighted by atomic mass is 16.3. The summed E-state index contributed by atoms with van der Waals surface area (Å²) in [5.74, 6) is -0.353. The minimum atomic E-state index is -0.477. The van der Waals surface area contributed by atoms with Gasteiger partial charge in [-0.15, -0.1) is 0 Å². The topological polar surface area (TPSA) is 95.7 Å². The molecule has 0 aliphatic carbocycles. The molecule has 1 saturated heterocycles. The number of amides is 2. The molecule has 1 unspecified atom stereocenters. The zero-order chi connectivity index (χ0) is 9.84. The maximum atomic E-state index is 11.2. The third-order valence-electron chi connectivity index (χ3n) is 1.81. The van der Waals surface area contributed by atoms with Gasteiger partial charge in [0.05, 0.1) is 19.7 Å². The van der Waals surface area contributed by atoms with Gasteiger partial charge in [0.2, 0.25) is 11.8 Å². The molecule has 1 heterocycles. The number of hydrogen-bond donors (Lipinski definition) is 3. The first-order valence-corrected chi connectivity index (χ1v) is 4.04. The van der Waals surface area contributed by atoms with Crippen LogP contribution in [-0.2, 0) is 9.59 Å². The van der Waals surface area contributed by atoms with Crippen molar-refractivity contribution in [1.29, 1.82) is 0 Å². The number of aliphatic hydroxyl groups is 1. The molecule has 1 aliphatic heterocycles. The Hall–Kier alpha value is -1.14. The van der Waals surface area contributed by atoms with Crippen LogP contribution in [0.1, 0.15) is 0 Å². The van der Waals surface area contributed by atoms with Crippen LogP contribution in [0.2, 0.25) is 0 Å². The van der Waals surface area contributed by atoms with E-state index in [9.17, 15) is 9.59 Å². The average molecular weight is 187 g/mol. The van der Waals surface area contributed by atoms with Gasteiger partial charge in [0, 0.05) is 12.6 Å². The van der Waals surface area contributed by atoms with Crippen molar-refractivity contribution in [3.8, 4) is 0 Å². The van der Waals surface area contributed by atoms with Crippen molar-refractivity contribution in [3.05, 3.63) is 0 Å². The van der Waals surface area contributed by atoms with Gasteiger partial charge in [-0.3, -0.25) is 9.59 Å². The molecule has 1 rings (SSSR count). The van der Waals surface area contributed by atoms with E-state index in [0.29, 0.717) is 0 Å². The molecular formula is C7H13N3O3. The third-order valence-corrected chi connectivity index (χ3v) is 1.81. The van der Waals surface area contributed by atoms with E-state index in [1.807, 2.05) is 0 Å². The lowest BCUT2D eigenvalue weighted by Crippen LogP contribution is -2.54. The molecule has 74 valence electrons. The summed E-state index contributed by atoms with van der Waals surface area (Å²) in [5, 5.41) is 11.1. The molecule has 6 heteroatoms. The number of aliphatic hydroxyl groups excluding tert-OH is 1. The number of nitrogens with zero attached hydrogens (tertiary/aromatic N) is 1. The molecule has 0 spiro atoms. The van der Waals surface area contributed by atoms with Crippen molar-refractivity contribution >= 4 is 11.8 Å². The van der Waals surface area contributed by atoms with Gasteiger partial charge >= 0.3 is 0 Å². The molecule has 0 radical (unpaired) electrons. The van der Waals surface area contributed by atoms with Crippen LogP contribution in [0.5, 0.6) is 0 Å². The van der Waals surface area contributed by atoms with Gasteiger partial charge in [-0.25, -0.2) is 0 Å². The Morgan fingerprint density at radius 2 is 2.31 bits per heavy atom. The summed E-state index contributed by atoms with van der Waals surface area (Å²) in [5.41, 5.74) is 5.44. The second kappa shape index (κ2) is 4.20. The van der Waals surface area contributed by atoms with E-state index >= 15 is 0 Å². The van der Waals surface area contributed by atoms with Crippen LogP contribution in [0, 0.1) is 0 Å². The van der Waals surface area contributed by atoms with Crippen LogP contribution in [0.15, 0.2) is 0 Å². The lowest BCUT2D eigenvalue weighted by atomic mass is 10.2. The normalized spacial score (nSPS) is 20.0. The number of carbonyl (C=O) groups excluding carboxylic acids is 2. The Bertz CT molecular complexity index is 219. The Morgan fingerprint density at radius 1 is 1.62 bits per heavy atom. The summed E-state index contributed by atoms with van der Waals surface area (Å²) < 4.78 is 0. The summed E-state index contributed by atoms with van der Waals surface area (Å²) in [6.45, 7) is 0.0949. The zero-order valence-corrected chi connectivity index (χ0v) is 7.19. The van der Waals surface area contributed by atoms with E-state index in [0.717, 1.165) is 0 Å². The maximum Gasteiger partial charge on any atom is 0.242 e. The number of nitrogens with two attached hydrogens (primary N) is 1. The molecule has 0 saturated carbocycles. The standard InChI is InChI=1S/C7H13N3O3/c8-5(4-11)2-10-3-6(12)9-1-7(10)13/h5,11H,1-4,8H2,(H,9,12). The molecule has 1 fully saturated rings. The van der Waals surface area contributed by atoms with Crippen molar-refractivity contribution in [1.82, 2.24) is 10.2 Å². The van der Waals surface area contributed by atoms with Crippen LogP contribution in [0.3, 0.4) is 0 Å². The zero-order valence-electron chi connectivity index (χ0n) is 7.19. The molecule has 1 aliphatic rings. The van der Waals surface area contributed by atoms with E-state index in [1.54, 1.807) is 0 Å². The van der Waals surface area contributed by atoms with Crippen molar-refractivity contribution in [2.75, 3.05) is 26.2 Å². The van der Waals surface area contributed by atoms with E-state index in [4.69, 9.17) is 10.8 Å². The molecule has 0 aromatic heterocycles. The predicted molar refractivity (Wildman–Crippen MR) is 44.7 cm³/mol. The number of nitrogens with one attached hydrogen (secondary N) is 1. The summed E-state index contributed by atoms with van der Waals surface area (Å²) in [6, 6.07) is -0.477. The summed E-state index contributed by atoms with van der Waals surface area (Å²) >= 11 is 0. The Kier molecular flexibility index (Phi) is 3.21. The highest BCUT2D eigenvalue weighted by molar-refractivity contribution is 5.92. The first-order valence-electron chi connectivity index (χ1n) is 4.04. The summed E-state index contributed by atoms with van der Waals surface area (Å²) in [6.07, 6.45) is 0. The van der Waals surface area contributed by atoms with Crippen LogP contribution in [-0.4, -0.2) is 54.1 Å². The van der Waals surface area contributed by atoms with Gasteiger partial charge in [-0.1, -0.05) is 0 Å². The molecule has 6 nitrogen and oxygen atoms in total. The SMILES string of the molecule is NC(CO)CN1CC(=O)NCC1=O. The fourth-order valence-corrected chi connectivity index (χ4v) is 1.11. The average Bonchev–Trinajstić information content (AvgIpc) is 2.11. The Morgan fingerprint density at radius 3 is 2.92 bits per heavy atom. The highest BCUT2D eigenvalue weighted by Gasteiger charge is 2.23. The largest absolute Gasteiger partial charge is 0.395 e. The van der Waals surface area contributed by atoms with Crippen molar-refractivity contribution in [2.45, 2.75) is 6.04 Å². The highest BCUT2D eigenvalue weighted by Crippen LogP contribution is 1.96. The minimum Gasteiger partial charge on any atom is -0.395 e. The fraction of sp³-hybridized carbons (Fsp3) is 0.714. The quantitative estimate of drug-likeness (QED) is 0.447. The predicted octanol–water partition coefficient (Wildman–Crippen LogP) is -2.74. The molecule has 0 aromatic carbocycles. The number of piperazine rings is 1. The van der Waals surface area contributed by atoms with Crippen molar-refractivity contribution in [2.24, 2.45) is 5.73 Å². The van der Waals surface area contributed by atoms with E-state index < -0.39 is 6.04 Å². The van der Waals surface area contributed by atoms with Gasteiger partial charge in [-0.2, -0.15) is 0 Å². The molecule has 13 heavy (non-hydrogen) atoms. The van der Waals surface area contributed by atoms with Gasteiger partial charge in [0.15, 0.2) is 0 Å². The lowest BCUT2D eigenvalue weighted by molar-refractivity contribution is -0.140. The van der Waals surface area contributed by atoms with Crippen molar-refractivity contribution in [3.63, 3.8) is 0 Å². The molecular weight excluding hydrogens is 174 g/mol. The van der Waals surface area contributed by atoms with Crippen LogP contribution < -0.4 is 11.1 Å². The number of hydrogen-bond acceptors (Lipinski definition) is 4. The van der Waals surface area contributed by atoms with E-state index in [1.165, 1.54) is 4.90 Å². The van der Waals surface area contributed by atoms with Gasteiger partial charge in [0.25, 0.3) is 0 Å². The second-order valence-electron chi connectivity index (χ2n) is 2.99. The smallest absolute Gasteiger partial charge is 0.242 e. The maximum absolute atomic E-state index is 11.2. The van der Waals surface area contributed by atoms with E-state index in [-0.39, 0.29) is 38.1 Å². The summed E-state index contributed by atoms with van der Waals surface area (Å²) in [4.78, 5) is 23.4. The lowest BCUT2D eigenvalue weighted by Gasteiger charge is -2.28. The van der Waals surface area contributed by atoms with Crippen LogP contribution in [0.4, 0.5) is 0 Å². The van der Waals surface area contributed by atoms with Crippen LogP contribution in [0.25, 0.3) is 0 Å². The molecule has 2 amide bonds. The van der Waals surface area contributed by atoms with Gasteiger partial charge in [0.1, 0.15) is 0 Å². The van der Waals surface area contributed by atoms with E-state index in [2.05, 4.69) is 5.32 Å². The fourth-order valence-electron chi connectivity index (χ4n) is 1.11. The number of rotatable bonds is 3. The first-order chi connectivity index (χ1) is 6.13. The minimum absolute atomic E-state index is 0.0248. The van der Waals surface area contributed by atoms with Crippen molar-refractivity contribution < 1.29 is 14.7 Å². The third kappa shape index (κ3) is 2.67. The first kappa shape index (κ1) is 9.94. The van der Waals surface area contributed by atoms with Crippen LogP contribution >= 0.6 is 0 Å². The Labute approximate surface area is 75.7 Å². The monoisotopic (exact) mass is 187 g/mol. The Balaban J connectivity index is 2.46. The van der Waals surface area contributed by atoms with Gasteiger partial charge < -0.3 is 21.1 Å². The second-order valence-corrected chi connectivity index (χ2v) is 2.99. The number of carbonyl (C=O) groups is 2. The van der Waals surface area contributed by atoms with Gasteiger partial charge in [-0.05, 0) is 0 Å².